The summed E-state index contributed by atoms with van der Waals surface area (Å²) in [5, 5.41) is 2.93. The number of pyridine rings is 1. The molecule has 29 heavy (non-hydrogen) atoms. The number of aromatic nitrogens is 2. The molecule has 0 saturated heterocycles. The fourth-order valence-corrected chi connectivity index (χ4v) is 3.22. The number of nitrogens with one attached hydrogen (secondary N) is 1. The van der Waals surface area contributed by atoms with Crippen molar-refractivity contribution in [3.05, 3.63) is 78.1 Å². The van der Waals surface area contributed by atoms with Crippen molar-refractivity contribution in [2.45, 2.75) is 6.92 Å². The van der Waals surface area contributed by atoms with E-state index in [1.807, 2.05) is 54.0 Å². The summed E-state index contributed by atoms with van der Waals surface area (Å²) in [7, 11) is 3.14. The second-order valence-electron chi connectivity index (χ2n) is 6.65. The molecule has 4 aromatic rings. The van der Waals surface area contributed by atoms with Crippen LogP contribution in [0.25, 0.3) is 16.9 Å². The highest BCUT2D eigenvalue weighted by molar-refractivity contribution is 6.05. The van der Waals surface area contributed by atoms with Gasteiger partial charge in [0.05, 0.1) is 25.6 Å². The maximum atomic E-state index is 12.7. The van der Waals surface area contributed by atoms with Gasteiger partial charge in [-0.25, -0.2) is 4.98 Å². The molecule has 0 unspecified atom stereocenters. The van der Waals surface area contributed by atoms with Gasteiger partial charge in [-0.2, -0.15) is 0 Å². The third-order valence-corrected chi connectivity index (χ3v) is 4.75. The molecule has 4 rings (SSSR count). The molecule has 1 amide bonds. The number of imidazole rings is 1. The van der Waals surface area contributed by atoms with E-state index < -0.39 is 0 Å². The quantitative estimate of drug-likeness (QED) is 0.544. The van der Waals surface area contributed by atoms with Gasteiger partial charge in [-0.1, -0.05) is 12.1 Å². The minimum absolute atomic E-state index is 0.245. The molecule has 0 atom stereocenters. The minimum Gasteiger partial charge on any atom is -0.497 e. The monoisotopic (exact) mass is 387 g/mol. The van der Waals surface area contributed by atoms with Gasteiger partial charge in [-0.05, 0) is 55.0 Å². The Bertz CT molecular complexity index is 1200. The fraction of sp³-hybridized carbons (Fsp3) is 0.130. The summed E-state index contributed by atoms with van der Waals surface area (Å²) >= 11 is 0. The van der Waals surface area contributed by atoms with E-state index in [1.54, 1.807) is 38.5 Å². The predicted octanol–water partition coefficient (Wildman–Crippen LogP) is 4.58. The average Bonchev–Trinajstić information content (AvgIpc) is 3.19. The second kappa shape index (κ2) is 7.67. The Morgan fingerprint density at radius 2 is 1.90 bits per heavy atom. The lowest BCUT2D eigenvalue weighted by Crippen LogP contribution is -2.12. The molecule has 1 N–H and O–H groups in total. The number of carbonyl (C=O) groups excluding carboxylic acids is 1. The summed E-state index contributed by atoms with van der Waals surface area (Å²) in [6, 6.07) is 16.6. The molecule has 0 fully saturated rings. The summed E-state index contributed by atoms with van der Waals surface area (Å²) in [6.07, 6.45) is 3.94. The molecule has 146 valence electrons. The molecule has 2 aromatic carbocycles. The van der Waals surface area contributed by atoms with Crippen molar-refractivity contribution in [3.63, 3.8) is 0 Å². The van der Waals surface area contributed by atoms with Gasteiger partial charge in [0, 0.05) is 23.5 Å². The van der Waals surface area contributed by atoms with Crippen LogP contribution in [0.4, 0.5) is 5.69 Å². The minimum atomic E-state index is -0.245. The molecule has 6 nitrogen and oxygen atoms in total. The van der Waals surface area contributed by atoms with Gasteiger partial charge in [0.25, 0.3) is 5.91 Å². The van der Waals surface area contributed by atoms with E-state index in [0.29, 0.717) is 22.7 Å². The first kappa shape index (κ1) is 18.6. The number of hydrogen-bond acceptors (Lipinski definition) is 4. The largest absolute Gasteiger partial charge is 0.497 e. The molecular formula is C23H21N3O3. The Morgan fingerprint density at radius 1 is 1.03 bits per heavy atom. The Balaban J connectivity index is 1.69. The van der Waals surface area contributed by atoms with Crippen LogP contribution in [0, 0.1) is 6.92 Å². The standard InChI is InChI=1S/C23H21N3O3/c1-15-6-5-11-26-14-20(24-22(15)26)16-9-10-21(29-3)19(13-16)25-23(27)17-7-4-8-18(12-17)28-2/h4-14H,1-3H3,(H,25,27). The van der Waals surface area contributed by atoms with E-state index in [1.165, 1.54) is 0 Å². The molecule has 2 heterocycles. The van der Waals surface area contributed by atoms with Crippen LogP contribution in [0.3, 0.4) is 0 Å². The predicted molar refractivity (Wildman–Crippen MR) is 113 cm³/mol. The third-order valence-electron chi connectivity index (χ3n) is 4.75. The Kier molecular flexibility index (Phi) is 4.91. The lowest BCUT2D eigenvalue weighted by molar-refractivity contribution is 0.102. The third kappa shape index (κ3) is 3.65. The molecular weight excluding hydrogens is 366 g/mol. The first-order valence-corrected chi connectivity index (χ1v) is 9.17. The van der Waals surface area contributed by atoms with Gasteiger partial charge < -0.3 is 19.2 Å². The molecule has 0 aliphatic rings. The Morgan fingerprint density at radius 3 is 2.66 bits per heavy atom. The van der Waals surface area contributed by atoms with Crippen molar-refractivity contribution in [3.8, 4) is 22.8 Å². The van der Waals surface area contributed by atoms with Crippen LogP contribution in [0.1, 0.15) is 15.9 Å². The van der Waals surface area contributed by atoms with Gasteiger partial charge in [-0.15, -0.1) is 0 Å². The van der Waals surface area contributed by atoms with Gasteiger partial charge in [0.2, 0.25) is 0 Å². The lowest BCUT2D eigenvalue weighted by atomic mass is 10.1. The first-order chi connectivity index (χ1) is 14.1. The molecule has 6 heteroatoms. The number of ether oxygens (including phenoxy) is 2. The van der Waals surface area contributed by atoms with Crippen LogP contribution in [0.5, 0.6) is 11.5 Å². The van der Waals surface area contributed by atoms with Crippen LogP contribution in [0.15, 0.2) is 67.0 Å². The van der Waals surface area contributed by atoms with Crippen molar-refractivity contribution >= 4 is 17.2 Å². The summed E-state index contributed by atoms with van der Waals surface area (Å²) < 4.78 is 12.6. The zero-order chi connectivity index (χ0) is 20.4. The van der Waals surface area contributed by atoms with E-state index in [4.69, 9.17) is 14.5 Å². The molecule has 0 aliphatic heterocycles. The highest BCUT2D eigenvalue weighted by Gasteiger charge is 2.13. The zero-order valence-corrected chi connectivity index (χ0v) is 16.5. The van der Waals surface area contributed by atoms with Crippen LogP contribution in [-0.4, -0.2) is 29.5 Å². The molecule has 0 radical (unpaired) electrons. The number of methoxy groups -OCH3 is 2. The molecule has 2 aromatic heterocycles. The number of rotatable bonds is 5. The molecule has 0 bridgehead atoms. The van der Waals surface area contributed by atoms with E-state index in [-0.39, 0.29) is 5.91 Å². The van der Waals surface area contributed by atoms with Gasteiger partial charge in [0.15, 0.2) is 0 Å². The maximum absolute atomic E-state index is 12.7. The van der Waals surface area contributed by atoms with Crippen LogP contribution < -0.4 is 14.8 Å². The van der Waals surface area contributed by atoms with Gasteiger partial charge in [0.1, 0.15) is 17.1 Å². The highest BCUT2D eigenvalue weighted by Crippen LogP contribution is 2.31. The van der Waals surface area contributed by atoms with Crippen LogP contribution in [0.2, 0.25) is 0 Å². The fourth-order valence-electron chi connectivity index (χ4n) is 3.22. The molecule has 0 saturated carbocycles. The van der Waals surface area contributed by atoms with E-state index in [2.05, 4.69) is 5.32 Å². The number of nitrogens with zero attached hydrogens (tertiary/aromatic N) is 2. The number of amides is 1. The number of benzene rings is 2. The number of anilines is 1. The van der Waals surface area contributed by atoms with E-state index >= 15 is 0 Å². The number of fused-ring (bicyclic) bond motifs is 1. The van der Waals surface area contributed by atoms with E-state index in [9.17, 15) is 4.79 Å². The molecule has 0 spiro atoms. The second-order valence-corrected chi connectivity index (χ2v) is 6.65. The lowest BCUT2D eigenvalue weighted by Gasteiger charge is -2.12. The SMILES string of the molecule is COc1cccc(C(=O)Nc2cc(-c3cn4cccc(C)c4n3)ccc2OC)c1. The van der Waals surface area contributed by atoms with Crippen molar-refractivity contribution < 1.29 is 14.3 Å². The van der Waals surface area contributed by atoms with Crippen molar-refractivity contribution in [2.24, 2.45) is 0 Å². The maximum Gasteiger partial charge on any atom is 0.255 e. The Hall–Kier alpha value is -3.80. The number of aryl methyl sites for hydroxylation is 1. The van der Waals surface area contributed by atoms with Gasteiger partial charge >= 0.3 is 0 Å². The zero-order valence-electron chi connectivity index (χ0n) is 16.5. The molecule has 0 aliphatic carbocycles. The van der Waals surface area contributed by atoms with Crippen molar-refractivity contribution in [1.82, 2.24) is 9.38 Å². The topological polar surface area (TPSA) is 64.9 Å². The summed E-state index contributed by atoms with van der Waals surface area (Å²) in [6.45, 7) is 2.03. The summed E-state index contributed by atoms with van der Waals surface area (Å²) in [4.78, 5) is 17.5. The van der Waals surface area contributed by atoms with Crippen LogP contribution >= 0.6 is 0 Å². The number of hydrogen-bond donors (Lipinski definition) is 1. The van der Waals surface area contributed by atoms with E-state index in [0.717, 1.165) is 22.5 Å². The average molecular weight is 387 g/mol. The number of carbonyl (C=O) groups is 1. The normalized spacial score (nSPS) is 10.7. The first-order valence-electron chi connectivity index (χ1n) is 9.17. The van der Waals surface area contributed by atoms with Gasteiger partial charge in [-0.3, -0.25) is 4.79 Å². The van der Waals surface area contributed by atoms with Crippen molar-refractivity contribution in [2.75, 3.05) is 19.5 Å². The Labute approximate surface area is 168 Å². The van der Waals surface area contributed by atoms with Crippen molar-refractivity contribution in [1.29, 1.82) is 0 Å². The summed E-state index contributed by atoms with van der Waals surface area (Å²) in [5.41, 5.74) is 4.78. The smallest absolute Gasteiger partial charge is 0.255 e. The summed E-state index contributed by atoms with van der Waals surface area (Å²) in [5.74, 6) is 0.952. The highest BCUT2D eigenvalue weighted by atomic mass is 16.5. The van der Waals surface area contributed by atoms with Crippen LogP contribution in [-0.2, 0) is 0 Å².